The molecule has 5 nitrogen and oxygen atoms in total. The van der Waals surface area contributed by atoms with Crippen LogP contribution in [0.2, 0.25) is 10.0 Å². The van der Waals surface area contributed by atoms with Crippen LogP contribution in [0, 0.1) is 6.92 Å². The lowest BCUT2D eigenvalue weighted by Gasteiger charge is -2.17. The third-order valence-corrected chi connectivity index (χ3v) is 5.03. The van der Waals surface area contributed by atoms with E-state index in [1.165, 1.54) is 6.07 Å². The fraction of sp³-hybridized carbons (Fsp3) is 0.368. The normalized spacial score (nSPS) is 16.7. The third kappa shape index (κ3) is 4.59. The van der Waals surface area contributed by atoms with Crippen molar-refractivity contribution in [3.05, 3.63) is 62.1 Å². The van der Waals surface area contributed by atoms with Crippen molar-refractivity contribution in [2.75, 3.05) is 13.1 Å². The van der Waals surface area contributed by atoms with Gasteiger partial charge in [-0.3, -0.25) is 4.79 Å². The quantitative estimate of drug-likeness (QED) is 0.770. The van der Waals surface area contributed by atoms with Crippen LogP contribution in [-0.4, -0.2) is 30.0 Å². The van der Waals surface area contributed by atoms with Crippen LogP contribution in [-0.2, 0) is 11.2 Å². The number of benzene rings is 1. The van der Waals surface area contributed by atoms with E-state index in [0.29, 0.717) is 47.5 Å². The molecule has 1 aliphatic heterocycles. The Kier molecular flexibility index (Phi) is 5.89. The Morgan fingerprint density at radius 2 is 2.04 bits per heavy atom. The highest BCUT2D eigenvalue weighted by Crippen LogP contribution is 2.26. The Morgan fingerprint density at radius 3 is 2.73 bits per heavy atom. The fourth-order valence-electron chi connectivity index (χ4n) is 3.05. The van der Waals surface area contributed by atoms with E-state index >= 15 is 0 Å². The molecule has 3 rings (SSSR count). The van der Waals surface area contributed by atoms with Gasteiger partial charge >= 0.3 is 5.63 Å². The highest BCUT2D eigenvalue weighted by molar-refractivity contribution is 6.36. The average Bonchev–Trinajstić information content (AvgIpc) is 3.01. The maximum absolute atomic E-state index is 12.5. The first-order chi connectivity index (χ1) is 12.4. The van der Waals surface area contributed by atoms with Gasteiger partial charge in [0.25, 0.3) is 0 Å². The van der Waals surface area contributed by atoms with Gasteiger partial charge in [-0.05, 0) is 31.0 Å². The highest BCUT2D eigenvalue weighted by atomic mass is 35.5. The molecule has 1 aromatic carbocycles. The Balaban J connectivity index is 1.55. The molecule has 2 aromatic rings. The predicted molar refractivity (Wildman–Crippen MR) is 100 cm³/mol. The molecule has 0 spiro atoms. The minimum atomic E-state index is -0.442. The van der Waals surface area contributed by atoms with Gasteiger partial charge in [-0.15, -0.1) is 0 Å². The summed E-state index contributed by atoms with van der Waals surface area (Å²) < 4.78 is 10.7. The topological polar surface area (TPSA) is 59.8 Å². The molecular formula is C19H19Cl2NO4. The molecule has 0 bridgehead atoms. The van der Waals surface area contributed by atoms with Crippen molar-refractivity contribution in [1.82, 2.24) is 4.90 Å². The number of carbonyl (C=O) groups excluding carboxylic acids is 1. The maximum atomic E-state index is 12.5. The smallest absolute Gasteiger partial charge is 0.339 e. The zero-order valence-corrected chi connectivity index (χ0v) is 15.8. The molecule has 1 aliphatic rings. The first kappa shape index (κ1) is 18.8. The van der Waals surface area contributed by atoms with E-state index in [-0.39, 0.29) is 12.0 Å². The lowest BCUT2D eigenvalue weighted by molar-refractivity contribution is -0.130. The molecule has 1 saturated heterocycles. The summed E-state index contributed by atoms with van der Waals surface area (Å²) in [5.41, 5.74) is 0.352. The van der Waals surface area contributed by atoms with E-state index in [4.69, 9.17) is 32.4 Å². The van der Waals surface area contributed by atoms with Crippen LogP contribution in [0.5, 0.6) is 5.75 Å². The van der Waals surface area contributed by atoms with Crippen LogP contribution in [0.15, 0.2) is 39.5 Å². The minimum Gasteiger partial charge on any atom is -0.488 e. The van der Waals surface area contributed by atoms with Gasteiger partial charge < -0.3 is 14.1 Å². The van der Waals surface area contributed by atoms with E-state index in [1.807, 2.05) is 0 Å². The molecule has 0 N–H and O–H groups in total. The molecule has 0 saturated carbocycles. The van der Waals surface area contributed by atoms with Gasteiger partial charge in [-0.1, -0.05) is 29.3 Å². The number of amides is 1. The zero-order chi connectivity index (χ0) is 18.7. The van der Waals surface area contributed by atoms with E-state index in [9.17, 15) is 9.59 Å². The number of aryl methyl sites for hydroxylation is 1. The van der Waals surface area contributed by atoms with Gasteiger partial charge in [0.2, 0.25) is 5.91 Å². The predicted octanol–water partition coefficient (Wildman–Crippen LogP) is 3.87. The van der Waals surface area contributed by atoms with Gasteiger partial charge in [0.15, 0.2) is 0 Å². The summed E-state index contributed by atoms with van der Waals surface area (Å²) >= 11 is 12.3. The highest BCUT2D eigenvalue weighted by Gasteiger charge is 2.27. The van der Waals surface area contributed by atoms with Crippen molar-refractivity contribution >= 4 is 29.1 Å². The number of halogens is 2. The van der Waals surface area contributed by atoms with Gasteiger partial charge in [0.1, 0.15) is 17.6 Å². The first-order valence-electron chi connectivity index (χ1n) is 8.41. The third-order valence-electron chi connectivity index (χ3n) is 4.32. The molecule has 7 heteroatoms. The lowest BCUT2D eigenvalue weighted by atomic mass is 10.1. The zero-order valence-electron chi connectivity index (χ0n) is 14.3. The second-order valence-corrected chi connectivity index (χ2v) is 7.11. The molecular weight excluding hydrogens is 377 g/mol. The van der Waals surface area contributed by atoms with Crippen LogP contribution >= 0.6 is 23.2 Å². The van der Waals surface area contributed by atoms with Crippen molar-refractivity contribution in [3.8, 4) is 5.75 Å². The molecule has 2 heterocycles. The van der Waals surface area contributed by atoms with Crippen molar-refractivity contribution in [2.45, 2.75) is 32.3 Å². The Labute approximate surface area is 161 Å². The monoisotopic (exact) mass is 395 g/mol. The summed E-state index contributed by atoms with van der Waals surface area (Å²) in [4.78, 5) is 25.6. The maximum Gasteiger partial charge on any atom is 0.339 e. The molecule has 1 aromatic heterocycles. The van der Waals surface area contributed by atoms with Gasteiger partial charge in [-0.2, -0.15) is 0 Å². The number of hydrogen-bond acceptors (Lipinski definition) is 4. The number of rotatable bonds is 5. The molecule has 0 radical (unpaired) electrons. The largest absolute Gasteiger partial charge is 0.488 e. The summed E-state index contributed by atoms with van der Waals surface area (Å²) in [5, 5.41) is 1.15. The van der Waals surface area contributed by atoms with Crippen LogP contribution in [0.4, 0.5) is 0 Å². The molecule has 1 unspecified atom stereocenters. The van der Waals surface area contributed by atoms with Crippen molar-refractivity contribution in [2.24, 2.45) is 0 Å². The second-order valence-electron chi connectivity index (χ2n) is 6.29. The Bertz CT molecular complexity index is 845. The summed E-state index contributed by atoms with van der Waals surface area (Å²) in [7, 11) is 0. The average molecular weight is 396 g/mol. The molecule has 1 amide bonds. The van der Waals surface area contributed by atoms with Crippen LogP contribution < -0.4 is 10.4 Å². The Morgan fingerprint density at radius 1 is 1.31 bits per heavy atom. The van der Waals surface area contributed by atoms with Crippen molar-refractivity contribution in [1.29, 1.82) is 0 Å². The summed E-state index contributed by atoms with van der Waals surface area (Å²) in [5.74, 6) is 1.01. The molecule has 26 heavy (non-hydrogen) atoms. The SMILES string of the molecule is Cc1cc(OC2CCN(C(=O)CCc3c(Cl)cccc3Cl)C2)cc(=O)o1. The fourth-order valence-corrected chi connectivity index (χ4v) is 3.63. The van der Waals surface area contributed by atoms with E-state index in [0.717, 1.165) is 12.0 Å². The number of hydrogen-bond donors (Lipinski definition) is 0. The minimum absolute atomic E-state index is 0.0378. The number of carbonyl (C=O) groups is 1. The number of likely N-dealkylation sites (tertiary alicyclic amines) is 1. The summed E-state index contributed by atoms with van der Waals surface area (Å²) in [6.45, 7) is 2.81. The summed E-state index contributed by atoms with van der Waals surface area (Å²) in [6, 6.07) is 8.31. The second kappa shape index (κ2) is 8.14. The van der Waals surface area contributed by atoms with Gasteiger partial charge in [0.05, 0.1) is 12.6 Å². The van der Waals surface area contributed by atoms with E-state index in [1.54, 1.807) is 36.1 Å². The standard InChI is InChI=1S/C19H19Cl2NO4/c1-12-9-14(10-19(24)25-12)26-13-7-8-22(11-13)18(23)6-5-15-16(20)3-2-4-17(15)21/h2-4,9-10,13H,5-8,11H2,1H3. The molecule has 1 atom stereocenters. The van der Waals surface area contributed by atoms with Crippen molar-refractivity contribution in [3.63, 3.8) is 0 Å². The van der Waals surface area contributed by atoms with Crippen LogP contribution in [0.25, 0.3) is 0 Å². The summed E-state index contributed by atoms with van der Waals surface area (Å²) in [6.07, 6.45) is 1.42. The molecule has 1 fully saturated rings. The Hall–Kier alpha value is -1.98. The lowest BCUT2D eigenvalue weighted by Crippen LogP contribution is -2.31. The number of ether oxygens (including phenoxy) is 1. The van der Waals surface area contributed by atoms with Crippen molar-refractivity contribution < 1.29 is 13.9 Å². The van der Waals surface area contributed by atoms with Gasteiger partial charge in [0, 0.05) is 35.5 Å². The molecule has 0 aliphatic carbocycles. The van der Waals surface area contributed by atoms with Gasteiger partial charge in [-0.25, -0.2) is 4.79 Å². The van der Waals surface area contributed by atoms with Crippen LogP contribution in [0.3, 0.4) is 0 Å². The first-order valence-corrected chi connectivity index (χ1v) is 9.17. The number of nitrogens with zero attached hydrogens (tertiary/aromatic N) is 1. The van der Waals surface area contributed by atoms with E-state index in [2.05, 4.69) is 0 Å². The van der Waals surface area contributed by atoms with Crippen LogP contribution in [0.1, 0.15) is 24.2 Å². The van der Waals surface area contributed by atoms with E-state index < -0.39 is 5.63 Å². The molecule has 138 valence electrons.